The Morgan fingerprint density at radius 2 is 1.86 bits per heavy atom. The highest BCUT2D eigenvalue weighted by molar-refractivity contribution is 6.33. The van der Waals surface area contributed by atoms with Gasteiger partial charge in [-0.05, 0) is 17.7 Å². The molecule has 1 fully saturated rings. The number of nitro benzene ring substituents is 1. The largest absolute Gasteiger partial charge is 0.336 e. The predicted octanol–water partition coefficient (Wildman–Crippen LogP) is 3.75. The molecule has 0 radical (unpaired) electrons. The lowest BCUT2D eigenvalue weighted by atomic mass is 10.1. The topological polar surface area (TPSA) is 79.6 Å². The molecule has 148 valence electrons. The van der Waals surface area contributed by atoms with E-state index >= 15 is 0 Å². The summed E-state index contributed by atoms with van der Waals surface area (Å²) >= 11 is 6.12. The van der Waals surface area contributed by atoms with Crippen LogP contribution in [0.5, 0.6) is 0 Å². The molecule has 2 aromatic carbocycles. The number of para-hydroxylation sites is 1. The van der Waals surface area contributed by atoms with E-state index in [0.717, 1.165) is 23.0 Å². The van der Waals surface area contributed by atoms with Crippen molar-refractivity contribution in [1.82, 2.24) is 14.8 Å². The molecular weight excluding hydrogens is 392 g/mol. The summed E-state index contributed by atoms with van der Waals surface area (Å²) in [5, 5.41) is 12.3. The number of benzene rings is 2. The molecule has 1 aliphatic rings. The number of piperazine rings is 1. The average molecular weight is 411 g/mol. The van der Waals surface area contributed by atoms with Gasteiger partial charge in [0, 0.05) is 56.4 Å². The van der Waals surface area contributed by atoms with Crippen molar-refractivity contribution in [2.75, 3.05) is 26.2 Å². The van der Waals surface area contributed by atoms with E-state index in [1.54, 1.807) is 11.1 Å². The van der Waals surface area contributed by atoms with Crippen LogP contribution in [0.25, 0.3) is 10.9 Å². The van der Waals surface area contributed by atoms with Crippen LogP contribution in [-0.4, -0.2) is 51.8 Å². The summed E-state index contributed by atoms with van der Waals surface area (Å²) in [5.41, 5.74) is 2.19. The zero-order valence-electron chi connectivity index (χ0n) is 15.6. The third-order valence-electron chi connectivity index (χ3n) is 5.16. The molecule has 0 bridgehead atoms. The van der Waals surface area contributed by atoms with E-state index in [2.05, 4.69) is 16.0 Å². The highest BCUT2D eigenvalue weighted by Gasteiger charge is 2.25. The Kier molecular flexibility index (Phi) is 5.42. The maximum absolute atomic E-state index is 12.8. The number of carbonyl (C=O) groups is 1. The Balaban J connectivity index is 1.44. The van der Waals surface area contributed by atoms with Crippen LogP contribution in [-0.2, 0) is 6.54 Å². The third kappa shape index (κ3) is 4.06. The van der Waals surface area contributed by atoms with Crippen LogP contribution in [0, 0.1) is 10.1 Å². The number of pyridine rings is 1. The summed E-state index contributed by atoms with van der Waals surface area (Å²) in [6.45, 7) is 3.25. The second kappa shape index (κ2) is 8.14. The highest BCUT2D eigenvalue weighted by Crippen LogP contribution is 2.24. The number of hydrogen-bond donors (Lipinski definition) is 0. The second-order valence-electron chi connectivity index (χ2n) is 6.98. The van der Waals surface area contributed by atoms with E-state index < -0.39 is 4.92 Å². The number of hydrogen-bond acceptors (Lipinski definition) is 5. The molecule has 29 heavy (non-hydrogen) atoms. The molecule has 1 aromatic heterocycles. The van der Waals surface area contributed by atoms with Gasteiger partial charge in [-0.2, -0.15) is 0 Å². The number of nitro groups is 1. The SMILES string of the molecule is O=C(c1cc([N+](=O)[O-])ccc1Cl)N1CCN(Cc2cccc3cccnc23)CC1. The Labute approximate surface area is 172 Å². The van der Waals surface area contributed by atoms with Crippen LogP contribution in [0.4, 0.5) is 5.69 Å². The van der Waals surface area contributed by atoms with Crippen molar-refractivity contribution in [1.29, 1.82) is 0 Å². The van der Waals surface area contributed by atoms with Gasteiger partial charge in [-0.3, -0.25) is 24.8 Å². The Bertz CT molecular complexity index is 1080. The molecule has 3 aromatic rings. The molecule has 0 atom stereocenters. The summed E-state index contributed by atoms with van der Waals surface area (Å²) in [4.78, 5) is 31.8. The predicted molar refractivity (Wildman–Crippen MR) is 111 cm³/mol. The van der Waals surface area contributed by atoms with Gasteiger partial charge in [0.05, 0.1) is 21.0 Å². The van der Waals surface area contributed by atoms with E-state index in [9.17, 15) is 14.9 Å². The minimum Gasteiger partial charge on any atom is -0.336 e. The van der Waals surface area contributed by atoms with Gasteiger partial charge in [-0.15, -0.1) is 0 Å². The molecule has 8 heteroatoms. The van der Waals surface area contributed by atoms with Crippen molar-refractivity contribution < 1.29 is 9.72 Å². The van der Waals surface area contributed by atoms with Crippen molar-refractivity contribution in [3.05, 3.63) is 81.0 Å². The molecule has 4 rings (SSSR count). The minimum absolute atomic E-state index is 0.139. The van der Waals surface area contributed by atoms with Gasteiger partial charge >= 0.3 is 0 Å². The van der Waals surface area contributed by atoms with Crippen LogP contribution >= 0.6 is 11.6 Å². The molecule has 1 saturated heterocycles. The Morgan fingerprint density at radius 3 is 2.62 bits per heavy atom. The first-order chi connectivity index (χ1) is 14.0. The second-order valence-corrected chi connectivity index (χ2v) is 7.39. The zero-order chi connectivity index (χ0) is 20.4. The van der Waals surface area contributed by atoms with Crippen LogP contribution in [0.15, 0.2) is 54.7 Å². The fourth-order valence-corrected chi connectivity index (χ4v) is 3.80. The standard InChI is InChI=1S/C21H19ClN4O3/c22-19-7-6-17(26(28)29)13-18(19)21(27)25-11-9-24(10-12-25)14-16-4-1-3-15-5-2-8-23-20(15)16/h1-8,13H,9-12,14H2. The lowest BCUT2D eigenvalue weighted by Crippen LogP contribution is -2.48. The van der Waals surface area contributed by atoms with E-state index in [1.807, 2.05) is 24.3 Å². The van der Waals surface area contributed by atoms with Crippen molar-refractivity contribution in [2.24, 2.45) is 0 Å². The maximum Gasteiger partial charge on any atom is 0.270 e. The number of halogens is 1. The Morgan fingerprint density at radius 1 is 1.10 bits per heavy atom. The van der Waals surface area contributed by atoms with Crippen molar-refractivity contribution in [3.8, 4) is 0 Å². The molecule has 7 nitrogen and oxygen atoms in total. The average Bonchev–Trinajstić information content (AvgIpc) is 2.74. The van der Waals surface area contributed by atoms with Crippen LogP contribution < -0.4 is 0 Å². The lowest BCUT2D eigenvalue weighted by Gasteiger charge is -2.35. The third-order valence-corrected chi connectivity index (χ3v) is 5.49. The lowest BCUT2D eigenvalue weighted by molar-refractivity contribution is -0.384. The van der Waals surface area contributed by atoms with Gasteiger partial charge in [0.25, 0.3) is 11.6 Å². The number of nitrogens with zero attached hydrogens (tertiary/aromatic N) is 4. The monoisotopic (exact) mass is 410 g/mol. The minimum atomic E-state index is -0.525. The van der Waals surface area contributed by atoms with E-state index in [-0.39, 0.29) is 22.2 Å². The zero-order valence-corrected chi connectivity index (χ0v) is 16.4. The Hall–Kier alpha value is -3.03. The number of carbonyl (C=O) groups excluding carboxylic acids is 1. The van der Waals surface area contributed by atoms with Crippen molar-refractivity contribution >= 4 is 34.1 Å². The molecule has 1 amide bonds. The van der Waals surface area contributed by atoms with Crippen LogP contribution in [0.1, 0.15) is 15.9 Å². The van der Waals surface area contributed by atoms with Crippen LogP contribution in [0.2, 0.25) is 5.02 Å². The summed E-state index contributed by atoms with van der Waals surface area (Å²) < 4.78 is 0. The normalized spacial score (nSPS) is 14.9. The van der Waals surface area contributed by atoms with Crippen LogP contribution in [0.3, 0.4) is 0 Å². The number of rotatable bonds is 4. The van der Waals surface area contributed by atoms with Gasteiger partial charge in [-0.25, -0.2) is 0 Å². The van der Waals surface area contributed by atoms with Gasteiger partial charge < -0.3 is 4.90 Å². The van der Waals surface area contributed by atoms with E-state index in [0.29, 0.717) is 26.2 Å². The summed E-state index contributed by atoms with van der Waals surface area (Å²) in [6, 6.07) is 14.1. The van der Waals surface area contributed by atoms with Gasteiger partial charge in [0.1, 0.15) is 0 Å². The van der Waals surface area contributed by atoms with Crippen molar-refractivity contribution in [3.63, 3.8) is 0 Å². The number of fused-ring (bicyclic) bond motifs is 1. The molecule has 0 spiro atoms. The van der Waals surface area contributed by atoms with Crippen molar-refractivity contribution in [2.45, 2.75) is 6.54 Å². The fraction of sp³-hybridized carbons (Fsp3) is 0.238. The molecule has 2 heterocycles. The maximum atomic E-state index is 12.8. The molecule has 0 unspecified atom stereocenters. The first-order valence-corrected chi connectivity index (χ1v) is 9.69. The smallest absolute Gasteiger partial charge is 0.270 e. The van der Waals surface area contributed by atoms with Gasteiger partial charge in [0.15, 0.2) is 0 Å². The fourth-order valence-electron chi connectivity index (χ4n) is 3.61. The van der Waals surface area contributed by atoms with Gasteiger partial charge in [-0.1, -0.05) is 35.9 Å². The number of non-ortho nitro benzene ring substituents is 1. The first-order valence-electron chi connectivity index (χ1n) is 9.31. The number of aromatic nitrogens is 1. The molecule has 0 N–H and O–H groups in total. The molecule has 1 aliphatic heterocycles. The van der Waals surface area contributed by atoms with Gasteiger partial charge in [0.2, 0.25) is 0 Å². The van der Waals surface area contributed by atoms with E-state index in [1.165, 1.54) is 18.2 Å². The summed E-state index contributed by atoms with van der Waals surface area (Å²) in [5.74, 6) is -0.273. The van der Waals surface area contributed by atoms with E-state index in [4.69, 9.17) is 11.6 Å². The quantitative estimate of drug-likeness (QED) is 0.483. The first kappa shape index (κ1) is 19.3. The summed E-state index contributed by atoms with van der Waals surface area (Å²) in [6.07, 6.45) is 1.80. The summed E-state index contributed by atoms with van der Waals surface area (Å²) in [7, 11) is 0. The molecule has 0 aliphatic carbocycles. The molecular formula is C21H19ClN4O3. The highest BCUT2D eigenvalue weighted by atomic mass is 35.5. The number of amides is 1. The molecule has 0 saturated carbocycles.